The molecule has 0 spiro atoms. The number of benzene rings is 2. The van der Waals surface area contributed by atoms with E-state index in [1.807, 2.05) is 76.4 Å². The van der Waals surface area contributed by atoms with Gasteiger partial charge in [0.1, 0.15) is 0 Å². The Bertz CT molecular complexity index is 1430. The van der Waals surface area contributed by atoms with Crippen molar-refractivity contribution < 1.29 is 14.3 Å². The van der Waals surface area contributed by atoms with E-state index in [1.165, 1.54) is 0 Å². The molecule has 0 radical (unpaired) electrons. The number of hydrogen-bond donors (Lipinski definition) is 1. The molecule has 1 saturated carbocycles. The van der Waals surface area contributed by atoms with E-state index in [-0.39, 0.29) is 36.2 Å². The van der Waals surface area contributed by atoms with Crippen molar-refractivity contribution in [3.63, 3.8) is 0 Å². The standard InChI is InChI=1S/C28H27N5O3/c1-36-25-13-18(11-12-29-25)17-32-24-10-9-22(14-21(24)16-30-32)33-26(34)15-23(31-28(35)20-7-8-20)27(33)19-5-3-2-4-6-19/h2-6,9-14,16,20,23,27H,7-8,15,17H2,1H3,(H,31,35)/t23-,27?/m0/s1. The highest BCUT2D eigenvalue weighted by atomic mass is 16.5. The minimum absolute atomic E-state index is 0.000530. The molecule has 36 heavy (non-hydrogen) atoms. The van der Waals surface area contributed by atoms with Crippen LogP contribution in [-0.2, 0) is 16.1 Å². The molecule has 8 heteroatoms. The van der Waals surface area contributed by atoms with Crippen LogP contribution in [-0.4, -0.2) is 39.7 Å². The van der Waals surface area contributed by atoms with Gasteiger partial charge >= 0.3 is 0 Å². The fourth-order valence-corrected chi connectivity index (χ4v) is 5.03. The van der Waals surface area contributed by atoms with E-state index < -0.39 is 0 Å². The number of aromatic nitrogens is 3. The Hall–Kier alpha value is -4.20. The van der Waals surface area contributed by atoms with Crippen LogP contribution in [0.5, 0.6) is 5.88 Å². The fourth-order valence-electron chi connectivity index (χ4n) is 5.03. The van der Waals surface area contributed by atoms with Crippen LogP contribution in [0, 0.1) is 5.92 Å². The molecule has 1 aliphatic carbocycles. The molecule has 2 aliphatic rings. The van der Waals surface area contributed by atoms with Gasteiger partial charge in [0, 0.05) is 35.7 Å². The molecule has 4 aromatic rings. The fraction of sp³-hybridized carbons (Fsp3) is 0.286. The Morgan fingerprint density at radius 1 is 1.11 bits per heavy atom. The normalized spacial score (nSPS) is 19.6. The number of anilines is 1. The third-order valence-corrected chi connectivity index (χ3v) is 6.98. The lowest BCUT2D eigenvalue weighted by molar-refractivity contribution is -0.123. The molecule has 2 fully saturated rings. The average Bonchev–Trinajstić information content (AvgIpc) is 3.62. The zero-order valence-electron chi connectivity index (χ0n) is 20.0. The van der Waals surface area contributed by atoms with E-state index in [4.69, 9.17) is 4.74 Å². The lowest BCUT2D eigenvalue weighted by atomic mass is 9.99. The number of ether oxygens (including phenoxy) is 1. The Morgan fingerprint density at radius 2 is 1.94 bits per heavy atom. The number of nitrogens with zero attached hydrogens (tertiary/aromatic N) is 4. The third kappa shape index (κ3) is 4.19. The first-order valence-electron chi connectivity index (χ1n) is 12.2. The average molecular weight is 482 g/mol. The molecule has 3 heterocycles. The second-order valence-corrected chi connectivity index (χ2v) is 9.46. The number of amides is 2. The summed E-state index contributed by atoms with van der Waals surface area (Å²) in [6, 6.07) is 19.2. The number of methoxy groups -OCH3 is 1. The number of nitrogens with one attached hydrogen (secondary N) is 1. The first kappa shape index (κ1) is 22.3. The SMILES string of the molecule is COc1cc(Cn2ncc3cc(N4C(=O)C[C@H](NC(=O)C5CC5)C4c4ccccc4)ccc32)ccn1. The van der Waals surface area contributed by atoms with Crippen molar-refractivity contribution in [2.75, 3.05) is 12.0 Å². The van der Waals surface area contributed by atoms with Gasteiger partial charge in [0.05, 0.1) is 37.5 Å². The largest absolute Gasteiger partial charge is 0.481 e. The van der Waals surface area contributed by atoms with Gasteiger partial charge in [-0.25, -0.2) is 4.98 Å². The highest BCUT2D eigenvalue weighted by molar-refractivity contribution is 6.00. The number of carbonyl (C=O) groups excluding carboxylic acids is 2. The Kier molecular flexibility index (Phi) is 5.64. The summed E-state index contributed by atoms with van der Waals surface area (Å²) in [5, 5.41) is 8.69. The maximum Gasteiger partial charge on any atom is 0.229 e. The van der Waals surface area contributed by atoms with Gasteiger partial charge < -0.3 is 15.0 Å². The van der Waals surface area contributed by atoms with Crippen molar-refractivity contribution in [2.45, 2.75) is 37.9 Å². The van der Waals surface area contributed by atoms with E-state index in [9.17, 15) is 9.59 Å². The zero-order valence-corrected chi connectivity index (χ0v) is 20.0. The number of rotatable bonds is 7. The van der Waals surface area contributed by atoms with Crippen molar-refractivity contribution in [3.05, 3.63) is 84.2 Å². The van der Waals surface area contributed by atoms with Gasteiger partial charge in [0.2, 0.25) is 17.7 Å². The lowest BCUT2D eigenvalue weighted by Crippen LogP contribution is -2.40. The van der Waals surface area contributed by atoms with Crippen LogP contribution in [0.2, 0.25) is 0 Å². The first-order valence-corrected chi connectivity index (χ1v) is 12.2. The monoisotopic (exact) mass is 481 g/mol. The molecule has 1 aliphatic heterocycles. The smallest absolute Gasteiger partial charge is 0.229 e. The van der Waals surface area contributed by atoms with Crippen LogP contribution in [0.4, 0.5) is 5.69 Å². The van der Waals surface area contributed by atoms with Crippen molar-refractivity contribution in [1.29, 1.82) is 0 Å². The van der Waals surface area contributed by atoms with Gasteiger partial charge in [-0.05, 0) is 48.2 Å². The quantitative estimate of drug-likeness (QED) is 0.433. The van der Waals surface area contributed by atoms with Crippen molar-refractivity contribution in [1.82, 2.24) is 20.1 Å². The summed E-state index contributed by atoms with van der Waals surface area (Å²) >= 11 is 0. The second kappa shape index (κ2) is 9.11. The van der Waals surface area contributed by atoms with E-state index in [2.05, 4.69) is 15.4 Å². The summed E-state index contributed by atoms with van der Waals surface area (Å²) in [6.07, 6.45) is 5.68. The molecule has 1 saturated heterocycles. The van der Waals surface area contributed by atoms with Gasteiger partial charge in [-0.2, -0.15) is 5.10 Å². The van der Waals surface area contributed by atoms with E-state index in [0.29, 0.717) is 12.4 Å². The van der Waals surface area contributed by atoms with Gasteiger partial charge in [-0.3, -0.25) is 14.3 Å². The van der Waals surface area contributed by atoms with Gasteiger partial charge in [0.15, 0.2) is 0 Å². The van der Waals surface area contributed by atoms with Crippen molar-refractivity contribution >= 4 is 28.4 Å². The molecule has 0 bridgehead atoms. The molecule has 1 N–H and O–H groups in total. The molecule has 2 atom stereocenters. The number of fused-ring (bicyclic) bond motifs is 1. The predicted octanol–water partition coefficient (Wildman–Crippen LogP) is 3.86. The molecule has 2 aromatic heterocycles. The second-order valence-electron chi connectivity index (χ2n) is 9.46. The Morgan fingerprint density at radius 3 is 2.72 bits per heavy atom. The molecule has 182 valence electrons. The van der Waals surface area contributed by atoms with Crippen LogP contribution in [0.25, 0.3) is 10.9 Å². The molecule has 2 aromatic carbocycles. The summed E-state index contributed by atoms with van der Waals surface area (Å²) in [5.41, 5.74) is 3.81. The maximum atomic E-state index is 13.3. The first-order chi connectivity index (χ1) is 17.6. The third-order valence-electron chi connectivity index (χ3n) is 6.98. The molecule has 2 amide bonds. The van der Waals surface area contributed by atoms with Gasteiger partial charge in [0.25, 0.3) is 0 Å². The van der Waals surface area contributed by atoms with E-state index in [0.717, 1.165) is 40.6 Å². The highest BCUT2D eigenvalue weighted by Gasteiger charge is 2.44. The summed E-state index contributed by atoms with van der Waals surface area (Å²) in [5.74, 6) is 0.711. The molecular formula is C28H27N5O3. The molecule has 8 nitrogen and oxygen atoms in total. The van der Waals surface area contributed by atoms with Crippen LogP contribution in [0.1, 0.15) is 36.4 Å². The summed E-state index contributed by atoms with van der Waals surface area (Å²) in [4.78, 5) is 31.9. The minimum Gasteiger partial charge on any atom is -0.481 e. The Labute approximate surface area is 208 Å². The Balaban J connectivity index is 1.32. The number of pyridine rings is 1. The lowest BCUT2D eigenvalue weighted by Gasteiger charge is -2.29. The zero-order chi connectivity index (χ0) is 24.6. The summed E-state index contributed by atoms with van der Waals surface area (Å²) in [6.45, 7) is 0.576. The topological polar surface area (TPSA) is 89.4 Å². The van der Waals surface area contributed by atoms with Crippen molar-refractivity contribution in [3.8, 4) is 5.88 Å². The van der Waals surface area contributed by atoms with Crippen LogP contribution in [0.15, 0.2) is 73.1 Å². The molecule has 1 unspecified atom stereocenters. The van der Waals surface area contributed by atoms with E-state index in [1.54, 1.807) is 13.3 Å². The maximum absolute atomic E-state index is 13.3. The summed E-state index contributed by atoms with van der Waals surface area (Å²) < 4.78 is 7.16. The van der Waals surface area contributed by atoms with Crippen LogP contribution >= 0.6 is 0 Å². The molecular weight excluding hydrogens is 454 g/mol. The van der Waals surface area contributed by atoms with Crippen LogP contribution in [0.3, 0.4) is 0 Å². The number of carbonyl (C=O) groups is 2. The van der Waals surface area contributed by atoms with Crippen LogP contribution < -0.4 is 15.0 Å². The van der Waals surface area contributed by atoms with Crippen molar-refractivity contribution in [2.24, 2.45) is 5.92 Å². The number of hydrogen-bond acceptors (Lipinski definition) is 5. The minimum atomic E-state index is -0.270. The van der Waals surface area contributed by atoms with E-state index >= 15 is 0 Å². The predicted molar refractivity (Wildman–Crippen MR) is 136 cm³/mol. The highest BCUT2D eigenvalue weighted by Crippen LogP contribution is 2.39. The summed E-state index contributed by atoms with van der Waals surface area (Å²) in [7, 11) is 1.60. The van der Waals surface area contributed by atoms with Gasteiger partial charge in [-0.1, -0.05) is 30.3 Å². The molecule has 6 rings (SSSR count). The van der Waals surface area contributed by atoms with Gasteiger partial charge in [-0.15, -0.1) is 0 Å².